The maximum absolute atomic E-state index is 11.9. The Morgan fingerprint density at radius 1 is 1.38 bits per heavy atom. The first-order valence-electron chi connectivity index (χ1n) is 6.93. The lowest BCUT2D eigenvalue weighted by molar-refractivity contribution is -0.137. The van der Waals surface area contributed by atoms with Gasteiger partial charge in [-0.05, 0) is 37.5 Å². The first-order chi connectivity index (χ1) is 10.0. The third kappa shape index (κ3) is 6.72. The van der Waals surface area contributed by atoms with Crippen LogP contribution in [0.2, 0.25) is 0 Å². The monoisotopic (exact) mass is 291 g/mol. The Kier molecular flexibility index (Phi) is 7.18. The predicted molar refractivity (Wildman–Crippen MR) is 81.0 cm³/mol. The molecule has 1 rings (SSSR count). The van der Waals surface area contributed by atoms with Gasteiger partial charge in [-0.15, -0.1) is 0 Å². The summed E-state index contributed by atoms with van der Waals surface area (Å²) in [6.45, 7) is 1.62. The third-order valence-corrected chi connectivity index (χ3v) is 2.87. The molecule has 114 valence electrons. The number of aliphatic hydroxyl groups is 1. The summed E-state index contributed by atoms with van der Waals surface area (Å²) < 4.78 is 0. The number of aliphatic carboxylic acids is 1. The van der Waals surface area contributed by atoms with Crippen LogP contribution in [0.1, 0.15) is 42.1 Å². The number of benzene rings is 1. The van der Waals surface area contributed by atoms with Crippen LogP contribution in [0.4, 0.5) is 0 Å². The van der Waals surface area contributed by atoms with Gasteiger partial charge in [-0.25, -0.2) is 0 Å². The average molecular weight is 291 g/mol. The van der Waals surface area contributed by atoms with E-state index in [1.54, 1.807) is 25.1 Å². The van der Waals surface area contributed by atoms with Gasteiger partial charge in [-0.2, -0.15) is 0 Å². The number of carbonyl (C=O) groups excluding carboxylic acids is 1. The first-order valence-corrected chi connectivity index (χ1v) is 6.93. The van der Waals surface area contributed by atoms with Gasteiger partial charge in [-0.3, -0.25) is 9.59 Å². The minimum absolute atomic E-state index is 0.102. The number of hydrogen-bond donors (Lipinski definition) is 3. The van der Waals surface area contributed by atoms with Crippen molar-refractivity contribution in [2.45, 2.75) is 32.2 Å². The van der Waals surface area contributed by atoms with Gasteiger partial charge in [0.1, 0.15) is 0 Å². The molecule has 0 radical (unpaired) electrons. The molecule has 0 aliphatic rings. The Labute approximate surface area is 124 Å². The minimum atomic E-state index is -0.792. The molecule has 5 nitrogen and oxygen atoms in total. The number of nitrogens with one attached hydrogen (secondary N) is 1. The molecule has 0 bridgehead atoms. The van der Waals surface area contributed by atoms with E-state index in [0.717, 1.165) is 5.56 Å². The van der Waals surface area contributed by atoms with Gasteiger partial charge in [0.15, 0.2) is 0 Å². The second kappa shape index (κ2) is 8.92. The van der Waals surface area contributed by atoms with Crippen molar-refractivity contribution in [3.63, 3.8) is 0 Å². The summed E-state index contributed by atoms with van der Waals surface area (Å²) >= 11 is 0. The van der Waals surface area contributed by atoms with Crippen molar-refractivity contribution < 1.29 is 19.8 Å². The summed E-state index contributed by atoms with van der Waals surface area (Å²) in [5, 5.41) is 20.1. The van der Waals surface area contributed by atoms with Crippen LogP contribution in [0.3, 0.4) is 0 Å². The number of carboxylic acid groups (broad SMARTS) is 1. The highest BCUT2D eigenvalue weighted by Crippen LogP contribution is 2.09. The average Bonchev–Trinajstić information content (AvgIpc) is 2.46. The van der Waals surface area contributed by atoms with E-state index in [1.165, 1.54) is 0 Å². The number of hydrogen-bond acceptors (Lipinski definition) is 3. The molecule has 1 aromatic carbocycles. The molecule has 5 heteroatoms. The Morgan fingerprint density at radius 2 is 2.14 bits per heavy atom. The molecular formula is C16H21NO4. The van der Waals surface area contributed by atoms with E-state index in [4.69, 9.17) is 10.2 Å². The van der Waals surface area contributed by atoms with Gasteiger partial charge in [0, 0.05) is 18.0 Å². The third-order valence-electron chi connectivity index (χ3n) is 2.87. The van der Waals surface area contributed by atoms with Gasteiger partial charge in [0.05, 0.1) is 6.61 Å². The van der Waals surface area contributed by atoms with E-state index in [0.29, 0.717) is 18.4 Å². The van der Waals surface area contributed by atoms with Crippen molar-refractivity contribution in [2.24, 2.45) is 0 Å². The van der Waals surface area contributed by atoms with Crippen LogP contribution in [0, 0.1) is 0 Å². The summed E-state index contributed by atoms with van der Waals surface area (Å²) in [5.41, 5.74) is 1.41. The molecule has 0 fully saturated rings. The van der Waals surface area contributed by atoms with Gasteiger partial charge in [-0.1, -0.05) is 24.3 Å². The van der Waals surface area contributed by atoms with Crippen LogP contribution < -0.4 is 5.32 Å². The van der Waals surface area contributed by atoms with Crippen LogP contribution in [0.15, 0.2) is 30.3 Å². The fourth-order valence-corrected chi connectivity index (χ4v) is 1.73. The fraction of sp³-hybridized carbons (Fsp3) is 0.375. The fourth-order valence-electron chi connectivity index (χ4n) is 1.73. The van der Waals surface area contributed by atoms with Crippen LogP contribution in [0.5, 0.6) is 0 Å². The Hall–Kier alpha value is -2.14. The molecule has 0 saturated heterocycles. The molecule has 1 atom stereocenters. The van der Waals surface area contributed by atoms with Crippen LogP contribution >= 0.6 is 0 Å². The van der Waals surface area contributed by atoms with Crippen molar-refractivity contribution in [3.05, 3.63) is 41.5 Å². The second-order valence-electron chi connectivity index (χ2n) is 4.87. The molecule has 1 unspecified atom stereocenters. The number of rotatable bonds is 8. The van der Waals surface area contributed by atoms with Crippen molar-refractivity contribution in [1.29, 1.82) is 0 Å². The summed E-state index contributed by atoms with van der Waals surface area (Å²) in [7, 11) is 0. The Morgan fingerprint density at radius 3 is 2.81 bits per heavy atom. The van der Waals surface area contributed by atoms with Crippen molar-refractivity contribution in [1.82, 2.24) is 5.32 Å². The Balaban J connectivity index is 2.57. The lowest BCUT2D eigenvalue weighted by Gasteiger charge is -2.10. The molecule has 1 aromatic rings. The lowest BCUT2D eigenvalue weighted by Crippen LogP contribution is -2.34. The SMILES string of the molecule is CC(CO)NC(=O)c1cccc(/C=C/CCCC(=O)O)c1. The van der Waals surface area contributed by atoms with Crippen LogP contribution in [0.25, 0.3) is 6.08 Å². The largest absolute Gasteiger partial charge is 0.481 e. The van der Waals surface area contributed by atoms with Gasteiger partial charge in [0.2, 0.25) is 0 Å². The highest BCUT2D eigenvalue weighted by atomic mass is 16.4. The van der Waals surface area contributed by atoms with Crippen LogP contribution in [-0.4, -0.2) is 34.7 Å². The van der Waals surface area contributed by atoms with Crippen molar-refractivity contribution in [3.8, 4) is 0 Å². The standard InChI is InChI=1S/C16H21NO4/c1-12(11-18)17-16(21)14-8-5-7-13(10-14)6-3-2-4-9-15(19)20/h3,5-8,10,12,18H,2,4,9,11H2,1H3,(H,17,21)(H,19,20)/b6-3+. The van der Waals surface area contributed by atoms with E-state index < -0.39 is 5.97 Å². The summed E-state index contributed by atoms with van der Waals surface area (Å²) in [6, 6.07) is 6.84. The van der Waals surface area contributed by atoms with Gasteiger partial charge >= 0.3 is 5.97 Å². The molecule has 0 aliphatic heterocycles. The lowest BCUT2D eigenvalue weighted by atomic mass is 10.1. The maximum atomic E-state index is 11.9. The summed E-state index contributed by atoms with van der Waals surface area (Å²) in [5.74, 6) is -1.02. The molecule has 0 saturated carbocycles. The normalized spacial score (nSPS) is 12.3. The van der Waals surface area contributed by atoms with Gasteiger partial charge in [0.25, 0.3) is 5.91 Å². The number of carboxylic acids is 1. The van der Waals surface area contributed by atoms with E-state index in [9.17, 15) is 9.59 Å². The number of unbranched alkanes of at least 4 members (excludes halogenated alkanes) is 1. The number of aliphatic hydroxyl groups excluding tert-OH is 1. The number of allylic oxidation sites excluding steroid dienone is 1. The number of carbonyl (C=O) groups is 2. The molecule has 3 N–H and O–H groups in total. The molecule has 21 heavy (non-hydrogen) atoms. The highest BCUT2D eigenvalue weighted by Gasteiger charge is 2.08. The zero-order chi connectivity index (χ0) is 15.7. The topological polar surface area (TPSA) is 86.6 Å². The predicted octanol–water partition coefficient (Wildman–Crippen LogP) is 2.07. The molecule has 1 amide bonds. The molecule has 0 aliphatic carbocycles. The van der Waals surface area contributed by atoms with E-state index in [-0.39, 0.29) is 25.0 Å². The van der Waals surface area contributed by atoms with Crippen LogP contribution in [-0.2, 0) is 4.79 Å². The summed E-state index contributed by atoms with van der Waals surface area (Å²) in [4.78, 5) is 22.3. The highest BCUT2D eigenvalue weighted by molar-refractivity contribution is 5.94. The smallest absolute Gasteiger partial charge is 0.303 e. The quantitative estimate of drug-likeness (QED) is 0.640. The maximum Gasteiger partial charge on any atom is 0.303 e. The van der Waals surface area contributed by atoms with Crippen molar-refractivity contribution >= 4 is 18.0 Å². The van der Waals surface area contributed by atoms with Crippen molar-refractivity contribution in [2.75, 3.05) is 6.61 Å². The number of amides is 1. The first kappa shape index (κ1) is 16.9. The minimum Gasteiger partial charge on any atom is -0.481 e. The van der Waals surface area contributed by atoms with Gasteiger partial charge < -0.3 is 15.5 Å². The van der Waals surface area contributed by atoms with E-state index in [2.05, 4.69) is 5.32 Å². The molecule has 0 spiro atoms. The van der Waals surface area contributed by atoms with E-state index >= 15 is 0 Å². The zero-order valence-electron chi connectivity index (χ0n) is 12.1. The zero-order valence-corrected chi connectivity index (χ0v) is 12.1. The molecule has 0 heterocycles. The molecule has 0 aromatic heterocycles. The second-order valence-corrected chi connectivity index (χ2v) is 4.87. The summed E-state index contributed by atoms with van der Waals surface area (Å²) in [6.07, 6.45) is 5.21. The Bertz CT molecular complexity index is 511. The van der Waals surface area contributed by atoms with E-state index in [1.807, 2.05) is 18.2 Å². The molecular weight excluding hydrogens is 270 g/mol.